The van der Waals surface area contributed by atoms with Gasteiger partial charge in [0.05, 0.1) is 29.7 Å². The lowest BCUT2D eigenvalue weighted by Crippen LogP contribution is -2.48. The summed E-state index contributed by atoms with van der Waals surface area (Å²) >= 11 is 0. The molecule has 1 aliphatic carbocycles. The number of hydrogen-bond donors (Lipinski definition) is 4. The molecule has 212 valence electrons. The lowest BCUT2D eigenvalue weighted by molar-refractivity contribution is -0.0602. The molecule has 0 bridgehead atoms. The fourth-order valence-corrected chi connectivity index (χ4v) is 5.44. The van der Waals surface area contributed by atoms with Crippen LogP contribution in [0.2, 0.25) is 0 Å². The van der Waals surface area contributed by atoms with Crippen LogP contribution < -0.4 is 10.4 Å². The molecule has 7 nitrogen and oxygen atoms in total. The molecular formula is C31H36F2N4O3. The zero-order valence-corrected chi connectivity index (χ0v) is 22.5. The van der Waals surface area contributed by atoms with Gasteiger partial charge >= 0.3 is 0 Å². The van der Waals surface area contributed by atoms with Crippen molar-refractivity contribution in [2.24, 2.45) is 21.8 Å². The molecule has 2 aromatic rings. The van der Waals surface area contributed by atoms with Gasteiger partial charge in [-0.05, 0) is 98.5 Å². The number of anilines is 1. The highest BCUT2D eigenvalue weighted by Gasteiger charge is 2.41. The van der Waals surface area contributed by atoms with Gasteiger partial charge in [-0.2, -0.15) is 0 Å². The molecule has 5 rings (SSSR count). The standard InChI is InChI=1S/C31H36F2N4O3/c1-19-4-5-21(30(38)36-37-16-2-3-23-17-25(33)11-13-28(23)37)14-15-34-27(12-8-22-18-26(22)31(39)40)29(35-19)20-6-9-24(32)10-7-20/h4-7,9-11,13-14,17,19,22,26,30-31,36,38-40H,2-3,8,12,15-16,18H2,1H3/b5-4-,21-14+,34-27-,35-29-. The van der Waals surface area contributed by atoms with Gasteiger partial charge in [-0.25, -0.2) is 14.2 Å². The molecule has 2 heterocycles. The molecule has 2 aliphatic heterocycles. The number of nitrogens with one attached hydrogen (secondary N) is 1. The van der Waals surface area contributed by atoms with Crippen molar-refractivity contribution in [1.29, 1.82) is 0 Å². The summed E-state index contributed by atoms with van der Waals surface area (Å²) in [6, 6.07) is 10.6. The summed E-state index contributed by atoms with van der Waals surface area (Å²) in [5, 5.41) is 32.0. The zero-order chi connectivity index (χ0) is 28.2. The number of nitrogens with zero attached hydrogens (tertiary/aromatic N) is 3. The lowest BCUT2D eigenvalue weighted by atomic mass is 9.99. The van der Waals surface area contributed by atoms with E-state index in [0.29, 0.717) is 30.8 Å². The fraction of sp³-hybridized carbons (Fsp3) is 0.419. The summed E-state index contributed by atoms with van der Waals surface area (Å²) < 4.78 is 27.4. The Hall–Kier alpha value is -3.24. The Morgan fingerprint density at radius 3 is 2.60 bits per heavy atom. The van der Waals surface area contributed by atoms with Crippen molar-refractivity contribution in [1.82, 2.24) is 5.43 Å². The van der Waals surface area contributed by atoms with E-state index in [4.69, 9.17) is 9.98 Å². The van der Waals surface area contributed by atoms with Gasteiger partial charge in [0.2, 0.25) is 0 Å². The quantitative estimate of drug-likeness (QED) is 0.371. The molecule has 0 aromatic heterocycles. The second kappa shape index (κ2) is 12.5. The minimum absolute atomic E-state index is 0.114. The SMILES string of the molecule is CC1/C=C\C(C(O)NN2CCCc3cc(F)ccc32)=C/C/N=C(CCC2CC2C(O)O)\C(c2ccc(F)cc2)=N/1. The van der Waals surface area contributed by atoms with Crippen LogP contribution in [-0.2, 0) is 6.42 Å². The second-order valence-electron chi connectivity index (χ2n) is 10.7. The Labute approximate surface area is 233 Å². The number of aliphatic hydroxyl groups is 3. The molecular weight excluding hydrogens is 514 g/mol. The molecule has 0 radical (unpaired) electrons. The molecule has 1 saturated carbocycles. The molecule has 4 N–H and O–H groups in total. The van der Waals surface area contributed by atoms with E-state index in [2.05, 4.69) is 5.43 Å². The molecule has 4 atom stereocenters. The van der Waals surface area contributed by atoms with Crippen molar-refractivity contribution >= 4 is 17.1 Å². The molecule has 40 heavy (non-hydrogen) atoms. The van der Waals surface area contributed by atoms with Gasteiger partial charge in [0.15, 0.2) is 6.29 Å². The van der Waals surface area contributed by atoms with E-state index in [1.807, 2.05) is 30.2 Å². The van der Waals surface area contributed by atoms with Crippen molar-refractivity contribution in [3.63, 3.8) is 0 Å². The minimum Gasteiger partial charge on any atom is -0.373 e. The number of aryl methyl sites for hydroxylation is 1. The van der Waals surface area contributed by atoms with Crippen molar-refractivity contribution in [2.45, 2.75) is 57.6 Å². The van der Waals surface area contributed by atoms with E-state index in [9.17, 15) is 24.1 Å². The van der Waals surface area contributed by atoms with Crippen molar-refractivity contribution in [3.8, 4) is 0 Å². The van der Waals surface area contributed by atoms with Crippen LogP contribution in [0.5, 0.6) is 0 Å². The number of hydrazine groups is 1. The van der Waals surface area contributed by atoms with Gasteiger partial charge in [-0.15, -0.1) is 0 Å². The van der Waals surface area contributed by atoms with E-state index >= 15 is 0 Å². The summed E-state index contributed by atoms with van der Waals surface area (Å²) in [5.41, 5.74) is 7.76. The van der Waals surface area contributed by atoms with Crippen LogP contribution in [0.3, 0.4) is 0 Å². The third-order valence-corrected chi connectivity index (χ3v) is 7.77. The van der Waals surface area contributed by atoms with E-state index < -0.39 is 12.5 Å². The van der Waals surface area contributed by atoms with Gasteiger partial charge in [0.25, 0.3) is 0 Å². The molecule has 4 unspecified atom stereocenters. The summed E-state index contributed by atoms with van der Waals surface area (Å²) in [4.78, 5) is 9.78. The topological polar surface area (TPSA) is 101 Å². The Kier molecular flexibility index (Phi) is 8.85. The molecule has 1 fully saturated rings. The summed E-state index contributed by atoms with van der Waals surface area (Å²) in [7, 11) is 0. The second-order valence-corrected chi connectivity index (χ2v) is 10.7. The maximum Gasteiger partial charge on any atom is 0.154 e. The van der Waals surface area contributed by atoms with E-state index in [0.717, 1.165) is 48.2 Å². The van der Waals surface area contributed by atoms with E-state index in [-0.39, 0.29) is 29.5 Å². The summed E-state index contributed by atoms with van der Waals surface area (Å²) in [6.07, 6.45) is 6.99. The molecule has 0 spiro atoms. The predicted octanol–water partition coefficient (Wildman–Crippen LogP) is 4.08. The molecule has 0 saturated heterocycles. The number of aliphatic hydroxyl groups excluding tert-OH is 2. The Balaban J connectivity index is 1.37. The summed E-state index contributed by atoms with van der Waals surface area (Å²) in [5.74, 6) is -0.503. The first kappa shape index (κ1) is 28.3. The van der Waals surface area contributed by atoms with Crippen LogP contribution in [0.15, 0.2) is 76.3 Å². The van der Waals surface area contributed by atoms with Gasteiger partial charge in [-0.1, -0.05) is 18.2 Å². The fourth-order valence-electron chi connectivity index (χ4n) is 5.44. The molecule has 3 aliphatic rings. The summed E-state index contributed by atoms with van der Waals surface area (Å²) in [6.45, 7) is 2.91. The largest absolute Gasteiger partial charge is 0.373 e. The van der Waals surface area contributed by atoms with Crippen LogP contribution in [0, 0.1) is 23.5 Å². The maximum atomic E-state index is 13.7. The highest BCUT2D eigenvalue weighted by molar-refractivity contribution is 6.48. The molecule has 0 amide bonds. The number of rotatable bonds is 8. The number of hydrogen-bond acceptors (Lipinski definition) is 7. The average Bonchev–Trinajstić information content (AvgIpc) is 3.72. The average molecular weight is 551 g/mol. The number of aliphatic imine (C=N–C) groups is 2. The van der Waals surface area contributed by atoms with Gasteiger partial charge in [0.1, 0.15) is 17.9 Å². The first-order chi connectivity index (χ1) is 19.3. The zero-order valence-electron chi connectivity index (χ0n) is 22.5. The van der Waals surface area contributed by atoms with Gasteiger partial charge < -0.3 is 20.3 Å². The third-order valence-electron chi connectivity index (χ3n) is 7.77. The Morgan fingerprint density at radius 1 is 1.07 bits per heavy atom. The predicted molar refractivity (Wildman–Crippen MR) is 152 cm³/mol. The van der Waals surface area contributed by atoms with Crippen molar-refractivity contribution in [2.75, 3.05) is 18.1 Å². The molecule has 9 heteroatoms. The number of halogens is 2. The van der Waals surface area contributed by atoms with Crippen molar-refractivity contribution in [3.05, 3.63) is 89.0 Å². The van der Waals surface area contributed by atoms with Crippen LogP contribution >= 0.6 is 0 Å². The van der Waals surface area contributed by atoms with Crippen LogP contribution in [0.25, 0.3) is 0 Å². The first-order valence-corrected chi connectivity index (χ1v) is 13.9. The smallest absolute Gasteiger partial charge is 0.154 e. The van der Waals surface area contributed by atoms with Crippen LogP contribution in [0.1, 0.15) is 43.7 Å². The molecule has 2 aromatic carbocycles. The Bertz CT molecular complexity index is 1320. The van der Waals surface area contributed by atoms with Crippen molar-refractivity contribution < 1.29 is 24.1 Å². The van der Waals surface area contributed by atoms with E-state index in [1.54, 1.807) is 18.2 Å². The number of benzene rings is 2. The first-order valence-electron chi connectivity index (χ1n) is 13.9. The maximum absolute atomic E-state index is 13.7. The highest BCUT2D eigenvalue weighted by Crippen LogP contribution is 2.44. The van der Waals surface area contributed by atoms with Crippen LogP contribution in [0.4, 0.5) is 14.5 Å². The highest BCUT2D eigenvalue weighted by atomic mass is 19.1. The third kappa shape index (κ3) is 6.90. The van der Waals surface area contributed by atoms with Crippen LogP contribution in [-0.4, -0.2) is 58.4 Å². The van der Waals surface area contributed by atoms with Gasteiger partial charge in [-0.3, -0.25) is 9.98 Å². The minimum atomic E-state index is -1.31. The monoisotopic (exact) mass is 550 g/mol. The number of fused-ring (bicyclic) bond motifs is 1. The lowest BCUT2D eigenvalue weighted by Gasteiger charge is -2.33. The Morgan fingerprint density at radius 2 is 1.85 bits per heavy atom. The van der Waals surface area contributed by atoms with Gasteiger partial charge in [0, 0.05) is 18.0 Å². The normalized spacial score (nSPS) is 28.4. The van der Waals surface area contributed by atoms with E-state index in [1.165, 1.54) is 24.3 Å².